The SMILES string of the molecule is CC(=O)OCC1=C(C(=O)O)N2C(=O)C(NC(=O)C(c3ccc(O)cc3)N(C(N)=O)c3c[nH]c(=O)[nH]c3=O)[C@H]2SC1. The van der Waals surface area contributed by atoms with Crippen molar-refractivity contribution in [2.75, 3.05) is 17.3 Å². The number of aromatic amines is 2. The quantitative estimate of drug-likeness (QED) is 0.160. The van der Waals surface area contributed by atoms with Crippen LogP contribution >= 0.6 is 11.8 Å². The van der Waals surface area contributed by atoms with Crippen LogP contribution in [0.4, 0.5) is 10.5 Å². The lowest BCUT2D eigenvalue weighted by molar-refractivity contribution is -0.151. The summed E-state index contributed by atoms with van der Waals surface area (Å²) in [6.07, 6.45) is 0.883. The first-order valence-corrected chi connectivity index (χ1v) is 12.5. The summed E-state index contributed by atoms with van der Waals surface area (Å²) in [5, 5.41) is 21.1. The number of aliphatic carboxylic acids is 1. The Kier molecular flexibility index (Phi) is 7.67. The smallest absolute Gasteiger partial charge is 0.352 e. The number of carbonyl (C=O) groups is 5. The van der Waals surface area contributed by atoms with Crippen LogP contribution in [0.2, 0.25) is 0 Å². The number of esters is 1. The van der Waals surface area contributed by atoms with E-state index in [1.165, 1.54) is 24.3 Å². The topological polar surface area (TPSA) is 245 Å². The van der Waals surface area contributed by atoms with Crippen LogP contribution in [-0.4, -0.2) is 78.6 Å². The van der Waals surface area contributed by atoms with Crippen molar-refractivity contribution in [3.8, 4) is 5.75 Å². The van der Waals surface area contributed by atoms with Gasteiger partial charge in [-0.15, -0.1) is 11.8 Å². The molecule has 0 saturated carbocycles. The molecular formula is C23H22N6O10S. The molecule has 1 aromatic carbocycles. The number of anilines is 1. The van der Waals surface area contributed by atoms with Crippen molar-refractivity contribution in [1.29, 1.82) is 0 Å². The normalized spacial score (nSPS) is 18.7. The number of hydrogen-bond acceptors (Lipinski definition) is 10. The molecule has 0 radical (unpaired) electrons. The van der Waals surface area contributed by atoms with Gasteiger partial charge >= 0.3 is 23.7 Å². The number of nitrogens with two attached hydrogens (primary N) is 1. The number of aromatic hydroxyl groups is 1. The van der Waals surface area contributed by atoms with E-state index < -0.39 is 64.2 Å². The van der Waals surface area contributed by atoms with Crippen LogP contribution in [0, 0.1) is 0 Å². The zero-order valence-corrected chi connectivity index (χ0v) is 21.4. The lowest BCUT2D eigenvalue weighted by Gasteiger charge is -2.49. The van der Waals surface area contributed by atoms with E-state index in [0.29, 0.717) is 4.90 Å². The molecule has 1 fully saturated rings. The molecule has 0 spiro atoms. The van der Waals surface area contributed by atoms with Crippen LogP contribution in [0.5, 0.6) is 5.75 Å². The number of aromatic nitrogens is 2. The molecule has 7 N–H and O–H groups in total. The number of benzene rings is 1. The van der Waals surface area contributed by atoms with E-state index in [1.807, 2.05) is 4.98 Å². The number of urea groups is 1. The Labute approximate surface area is 227 Å². The maximum Gasteiger partial charge on any atom is 0.352 e. The fourth-order valence-corrected chi connectivity index (χ4v) is 5.58. The van der Waals surface area contributed by atoms with Gasteiger partial charge in [-0.25, -0.2) is 14.4 Å². The van der Waals surface area contributed by atoms with Crippen molar-refractivity contribution in [1.82, 2.24) is 20.2 Å². The molecule has 1 saturated heterocycles. The second kappa shape index (κ2) is 11.0. The minimum atomic E-state index is -1.66. The molecule has 1 aromatic heterocycles. The van der Waals surface area contributed by atoms with E-state index in [4.69, 9.17) is 10.5 Å². The van der Waals surface area contributed by atoms with Crippen molar-refractivity contribution in [2.45, 2.75) is 24.4 Å². The van der Waals surface area contributed by atoms with E-state index in [1.54, 1.807) is 0 Å². The summed E-state index contributed by atoms with van der Waals surface area (Å²) in [6, 6.07) is 0.852. The van der Waals surface area contributed by atoms with Gasteiger partial charge in [0.1, 0.15) is 41.2 Å². The van der Waals surface area contributed by atoms with E-state index in [9.17, 15) is 43.8 Å². The van der Waals surface area contributed by atoms with Crippen molar-refractivity contribution >= 4 is 47.2 Å². The molecular weight excluding hydrogens is 552 g/mol. The number of nitrogens with zero attached hydrogens (tertiary/aromatic N) is 2. The van der Waals surface area contributed by atoms with E-state index in [0.717, 1.165) is 29.8 Å². The van der Waals surface area contributed by atoms with Crippen molar-refractivity contribution in [3.05, 3.63) is 68.1 Å². The lowest BCUT2D eigenvalue weighted by Crippen LogP contribution is -2.71. The average Bonchev–Trinajstić information content (AvgIpc) is 2.89. The number of carboxylic acids is 1. The Morgan fingerprint density at radius 1 is 1.23 bits per heavy atom. The van der Waals surface area contributed by atoms with Gasteiger partial charge in [-0.3, -0.25) is 34.0 Å². The third-order valence-electron chi connectivity index (χ3n) is 6.01. The summed E-state index contributed by atoms with van der Waals surface area (Å²) >= 11 is 1.12. The predicted octanol–water partition coefficient (Wildman–Crippen LogP) is -1.30. The first-order valence-electron chi connectivity index (χ1n) is 11.4. The zero-order chi connectivity index (χ0) is 29.3. The van der Waals surface area contributed by atoms with Crippen LogP contribution in [0.15, 0.2) is 51.3 Å². The third kappa shape index (κ3) is 5.26. The molecule has 3 heterocycles. The molecule has 210 valence electrons. The number of nitrogens with one attached hydrogen (secondary N) is 3. The Morgan fingerprint density at radius 3 is 2.48 bits per heavy atom. The monoisotopic (exact) mass is 574 g/mol. The number of carbonyl (C=O) groups excluding carboxylic acids is 4. The summed E-state index contributed by atoms with van der Waals surface area (Å²) in [5.41, 5.74) is 3.04. The molecule has 17 heteroatoms. The molecule has 2 aliphatic rings. The van der Waals surface area contributed by atoms with Crippen LogP contribution in [0.3, 0.4) is 0 Å². The fraction of sp³-hybridized carbons (Fsp3) is 0.261. The highest BCUT2D eigenvalue weighted by atomic mass is 32.2. The molecule has 4 amide bonds. The summed E-state index contributed by atoms with van der Waals surface area (Å²) in [7, 11) is 0. The van der Waals surface area contributed by atoms with Crippen LogP contribution < -0.4 is 27.2 Å². The average molecular weight is 575 g/mol. The van der Waals surface area contributed by atoms with Crippen molar-refractivity contribution in [3.63, 3.8) is 0 Å². The lowest BCUT2D eigenvalue weighted by atomic mass is 10.00. The highest BCUT2D eigenvalue weighted by molar-refractivity contribution is 8.00. The van der Waals surface area contributed by atoms with Gasteiger partial charge in [0.15, 0.2) is 0 Å². The standard InChI is InChI=1S/C23H22N6O10S/c1-9(30)39-7-11-8-40-20-14(19(34)29(20)16(11)21(35)36)26-18(33)15(10-2-4-12(31)5-3-10)28(22(24)37)13-6-25-23(38)27-17(13)32/h2-6,14-15,20,31H,7-8H2,1H3,(H2,24,37)(H,26,33)(H,35,36)(H2,25,27,32,38)/t14?,15?,20-/m1/s1. The Bertz CT molecular complexity index is 1550. The molecule has 4 rings (SSSR count). The first kappa shape index (κ1) is 28.0. The van der Waals surface area contributed by atoms with Gasteiger partial charge in [0, 0.05) is 24.4 Å². The fourth-order valence-electron chi connectivity index (χ4n) is 4.26. The van der Waals surface area contributed by atoms with Crippen LogP contribution in [0.25, 0.3) is 0 Å². The Morgan fingerprint density at radius 2 is 1.90 bits per heavy atom. The summed E-state index contributed by atoms with van der Waals surface area (Å²) in [4.78, 5) is 92.1. The second-order valence-corrected chi connectivity index (χ2v) is 9.70. The zero-order valence-electron chi connectivity index (χ0n) is 20.6. The number of phenolic OH excluding ortho intramolecular Hbond substituents is 1. The molecule has 2 aliphatic heterocycles. The summed E-state index contributed by atoms with van der Waals surface area (Å²) in [5.74, 6) is -3.90. The minimum Gasteiger partial charge on any atom is -0.508 e. The molecule has 2 unspecified atom stereocenters. The van der Waals surface area contributed by atoms with Gasteiger partial charge in [-0.05, 0) is 17.7 Å². The Balaban J connectivity index is 1.67. The van der Waals surface area contributed by atoms with Gasteiger partial charge in [-0.1, -0.05) is 12.1 Å². The molecule has 40 heavy (non-hydrogen) atoms. The predicted molar refractivity (Wildman–Crippen MR) is 137 cm³/mol. The second-order valence-electron chi connectivity index (χ2n) is 8.59. The maximum absolute atomic E-state index is 13.6. The van der Waals surface area contributed by atoms with Crippen molar-refractivity contribution < 1.29 is 38.9 Å². The highest BCUT2D eigenvalue weighted by Crippen LogP contribution is 2.41. The van der Waals surface area contributed by atoms with Gasteiger partial charge in [0.25, 0.3) is 11.5 Å². The summed E-state index contributed by atoms with van der Waals surface area (Å²) in [6.45, 7) is 0.822. The maximum atomic E-state index is 13.6. The number of fused-ring (bicyclic) bond motifs is 1. The molecule has 2 aromatic rings. The minimum absolute atomic E-state index is 0.0782. The first-order chi connectivity index (χ1) is 18.9. The number of phenols is 1. The number of ether oxygens (including phenoxy) is 1. The number of thioether (sulfide) groups is 1. The van der Waals surface area contributed by atoms with Crippen LogP contribution in [-0.2, 0) is 23.9 Å². The number of carboxylic acid groups (broad SMARTS) is 1. The van der Waals surface area contributed by atoms with E-state index in [2.05, 4.69) is 10.3 Å². The number of amides is 4. The van der Waals surface area contributed by atoms with Gasteiger partial charge in [0.2, 0.25) is 5.91 Å². The van der Waals surface area contributed by atoms with Crippen LogP contribution in [0.1, 0.15) is 18.5 Å². The largest absolute Gasteiger partial charge is 0.508 e. The number of hydrogen-bond donors (Lipinski definition) is 6. The molecule has 0 bridgehead atoms. The van der Waals surface area contributed by atoms with Crippen molar-refractivity contribution in [2.24, 2.45) is 5.73 Å². The molecule has 16 nitrogen and oxygen atoms in total. The number of rotatable bonds is 8. The number of H-pyrrole nitrogens is 2. The highest BCUT2D eigenvalue weighted by Gasteiger charge is 2.55. The molecule has 3 atom stereocenters. The van der Waals surface area contributed by atoms with E-state index in [-0.39, 0.29) is 34.9 Å². The number of primary amides is 1. The van der Waals surface area contributed by atoms with E-state index >= 15 is 0 Å². The van der Waals surface area contributed by atoms with Gasteiger partial charge in [-0.2, -0.15) is 0 Å². The molecule has 0 aliphatic carbocycles. The van der Waals surface area contributed by atoms with Gasteiger partial charge < -0.3 is 31.0 Å². The third-order valence-corrected chi connectivity index (χ3v) is 7.35. The Hall–Kier alpha value is -5.06. The van der Waals surface area contributed by atoms with Gasteiger partial charge in [0.05, 0.1) is 0 Å². The number of β-lactam (4-membered cyclic amide) rings is 1. The summed E-state index contributed by atoms with van der Waals surface area (Å²) < 4.78 is 4.89.